The monoisotopic (exact) mass is 212 g/mol. The molecule has 0 aliphatic heterocycles. The maximum absolute atomic E-state index is 5.54. The molecule has 78 valence electrons. The number of rotatable bonds is 5. The largest absolute Gasteiger partial charge is 0.374 e. The molecule has 0 saturated heterocycles. The number of hydrogen-bond acceptors (Lipinski definition) is 5. The van der Waals surface area contributed by atoms with E-state index < -0.39 is 0 Å². The normalized spacial score (nSPS) is 16.4. The summed E-state index contributed by atoms with van der Waals surface area (Å²) in [5, 5.41) is 9.46. The van der Waals surface area contributed by atoms with Gasteiger partial charge < -0.3 is 5.73 Å². The lowest BCUT2D eigenvalue weighted by molar-refractivity contribution is 0.267. The molecule has 1 aromatic rings. The molecule has 0 radical (unpaired) electrons. The van der Waals surface area contributed by atoms with Crippen LogP contribution in [0.4, 0.5) is 5.13 Å². The standard InChI is InChI=1S/C9H16N4S/c1-2-13(5-7-3-4-7)6-8-11-12-9(10)14-8/h7H,2-6H2,1H3,(H2,10,12). The Kier molecular flexibility index (Phi) is 2.98. The van der Waals surface area contributed by atoms with Crippen LogP contribution in [0.5, 0.6) is 0 Å². The van der Waals surface area contributed by atoms with Crippen molar-refractivity contribution in [1.82, 2.24) is 15.1 Å². The quantitative estimate of drug-likeness (QED) is 0.800. The molecular formula is C9H16N4S. The Morgan fingerprint density at radius 3 is 2.79 bits per heavy atom. The van der Waals surface area contributed by atoms with Crippen molar-refractivity contribution in [2.24, 2.45) is 5.92 Å². The van der Waals surface area contributed by atoms with E-state index in [2.05, 4.69) is 22.0 Å². The van der Waals surface area contributed by atoms with Crippen LogP contribution in [0, 0.1) is 5.92 Å². The fourth-order valence-corrected chi connectivity index (χ4v) is 2.14. The highest BCUT2D eigenvalue weighted by Gasteiger charge is 2.24. The van der Waals surface area contributed by atoms with Crippen molar-refractivity contribution >= 4 is 16.5 Å². The first kappa shape index (κ1) is 9.86. The van der Waals surface area contributed by atoms with Crippen LogP contribution in [-0.4, -0.2) is 28.2 Å². The number of nitrogens with zero attached hydrogens (tertiary/aromatic N) is 3. The first-order valence-electron chi connectivity index (χ1n) is 5.08. The lowest BCUT2D eigenvalue weighted by atomic mass is 10.3. The number of nitrogen functional groups attached to an aromatic ring is 1. The van der Waals surface area contributed by atoms with Gasteiger partial charge in [0.15, 0.2) is 0 Å². The van der Waals surface area contributed by atoms with Gasteiger partial charge >= 0.3 is 0 Å². The van der Waals surface area contributed by atoms with Crippen LogP contribution < -0.4 is 5.73 Å². The molecule has 0 bridgehead atoms. The van der Waals surface area contributed by atoms with Crippen LogP contribution in [0.3, 0.4) is 0 Å². The molecule has 5 heteroatoms. The Balaban J connectivity index is 1.86. The molecule has 1 aliphatic rings. The molecule has 0 atom stereocenters. The molecule has 0 aromatic carbocycles. The summed E-state index contributed by atoms with van der Waals surface area (Å²) < 4.78 is 0. The lowest BCUT2D eigenvalue weighted by Crippen LogP contribution is -2.25. The van der Waals surface area contributed by atoms with Gasteiger partial charge in [0.25, 0.3) is 0 Å². The van der Waals surface area contributed by atoms with Gasteiger partial charge in [-0.3, -0.25) is 4.90 Å². The van der Waals surface area contributed by atoms with Crippen molar-refractivity contribution in [2.75, 3.05) is 18.8 Å². The van der Waals surface area contributed by atoms with Gasteiger partial charge in [-0.05, 0) is 25.3 Å². The zero-order valence-electron chi connectivity index (χ0n) is 8.44. The fourth-order valence-electron chi connectivity index (χ4n) is 1.49. The van der Waals surface area contributed by atoms with Crippen LogP contribution >= 0.6 is 11.3 Å². The van der Waals surface area contributed by atoms with Gasteiger partial charge in [-0.15, -0.1) is 10.2 Å². The van der Waals surface area contributed by atoms with Crippen molar-refractivity contribution in [1.29, 1.82) is 0 Å². The van der Waals surface area contributed by atoms with Crippen LogP contribution in [0.15, 0.2) is 0 Å². The Labute approximate surface area is 88.1 Å². The fraction of sp³-hybridized carbons (Fsp3) is 0.778. The molecule has 0 spiro atoms. The number of anilines is 1. The second-order valence-electron chi connectivity index (χ2n) is 3.81. The van der Waals surface area contributed by atoms with Gasteiger partial charge in [-0.25, -0.2) is 0 Å². The molecule has 1 heterocycles. The minimum atomic E-state index is 0.572. The third-order valence-corrected chi connectivity index (χ3v) is 3.24. The van der Waals surface area contributed by atoms with Crippen molar-refractivity contribution < 1.29 is 0 Å². The van der Waals surface area contributed by atoms with Crippen molar-refractivity contribution in [2.45, 2.75) is 26.3 Å². The zero-order chi connectivity index (χ0) is 9.97. The Morgan fingerprint density at radius 2 is 2.29 bits per heavy atom. The van der Waals surface area contributed by atoms with E-state index in [1.54, 1.807) is 0 Å². The predicted molar refractivity (Wildman–Crippen MR) is 58.0 cm³/mol. The molecule has 0 amide bonds. The van der Waals surface area contributed by atoms with Gasteiger partial charge in [-0.2, -0.15) is 0 Å². The van der Waals surface area contributed by atoms with E-state index in [0.29, 0.717) is 5.13 Å². The number of nitrogens with two attached hydrogens (primary N) is 1. The zero-order valence-corrected chi connectivity index (χ0v) is 9.26. The van der Waals surface area contributed by atoms with E-state index in [1.165, 1.54) is 30.7 Å². The third-order valence-electron chi connectivity index (χ3n) is 2.50. The van der Waals surface area contributed by atoms with Crippen molar-refractivity contribution in [3.8, 4) is 0 Å². The summed E-state index contributed by atoms with van der Waals surface area (Å²) in [7, 11) is 0. The number of aromatic nitrogens is 2. The molecule has 4 nitrogen and oxygen atoms in total. The summed E-state index contributed by atoms with van der Waals surface area (Å²) in [6.45, 7) is 5.38. The maximum Gasteiger partial charge on any atom is 0.203 e. The van der Waals surface area contributed by atoms with E-state index in [1.807, 2.05) is 0 Å². The second kappa shape index (κ2) is 4.23. The minimum Gasteiger partial charge on any atom is -0.374 e. The van der Waals surface area contributed by atoms with E-state index >= 15 is 0 Å². The van der Waals surface area contributed by atoms with Gasteiger partial charge in [-0.1, -0.05) is 18.3 Å². The molecule has 2 N–H and O–H groups in total. The van der Waals surface area contributed by atoms with Crippen molar-refractivity contribution in [3.05, 3.63) is 5.01 Å². The molecular weight excluding hydrogens is 196 g/mol. The first-order chi connectivity index (χ1) is 6.78. The van der Waals surface area contributed by atoms with E-state index in [0.717, 1.165) is 24.0 Å². The van der Waals surface area contributed by atoms with E-state index in [4.69, 9.17) is 5.73 Å². The van der Waals surface area contributed by atoms with Crippen LogP contribution in [-0.2, 0) is 6.54 Å². The number of hydrogen-bond donors (Lipinski definition) is 1. The van der Waals surface area contributed by atoms with Gasteiger partial charge in [0, 0.05) is 6.54 Å². The van der Waals surface area contributed by atoms with Crippen LogP contribution in [0.25, 0.3) is 0 Å². The van der Waals surface area contributed by atoms with Gasteiger partial charge in [0.05, 0.1) is 6.54 Å². The molecule has 1 aromatic heterocycles. The maximum atomic E-state index is 5.54. The first-order valence-corrected chi connectivity index (χ1v) is 5.89. The highest BCUT2D eigenvalue weighted by molar-refractivity contribution is 7.15. The van der Waals surface area contributed by atoms with Crippen LogP contribution in [0.2, 0.25) is 0 Å². The summed E-state index contributed by atoms with van der Waals surface area (Å²) in [5.74, 6) is 0.931. The average Bonchev–Trinajstić information content (AvgIpc) is 2.89. The lowest BCUT2D eigenvalue weighted by Gasteiger charge is -2.17. The minimum absolute atomic E-state index is 0.572. The Morgan fingerprint density at radius 1 is 1.50 bits per heavy atom. The molecule has 1 aliphatic carbocycles. The Bertz CT molecular complexity index is 295. The summed E-state index contributed by atoms with van der Waals surface area (Å²) in [6, 6.07) is 0. The smallest absolute Gasteiger partial charge is 0.203 e. The topological polar surface area (TPSA) is 55.0 Å². The van der Waals surface area contributed by atoms with E-state index in [9.17, 15) is 0 Å². The highest BCUT2D eigenvalue weighted by Crippen LogP contribution is 2.30. The molecule has 1 fully saturated rings. The van der Waals surface area contributed by atoms with Crippen molar-refractivity contribution in [3.63, 3.8) is 0 Å². The summed E-state index contributed by atoms with van der Waals surface area (Å²) in [5.41, 5.74) is 5.54. The summed E-state index contributed by atoms with van der Waals surface area (Å²) in [4.78, 5) is 2.41. The molecule has 2 rings (SSSR count). The predicted octanol–water partition coefficient (Wildman–Crippen LogP) is 1.35. The second-order valence-corrected chi connectivity index (χ2v) is 4.90. The highest BCUT2D eigenvalue weighted by atomic mass is 32.1. The van der Waals surface area contributed by atoms with Crippen LogP contribution in [0.1, 0.15) is 24.8 Å². The van der Waals surface area contributed by atoms with Gasteiger partial charge in [0.2, 0.25) is 5.13 Å². The summed E-state index contributed by atoms with van der Waals surface area (Å²) >= 11 is 1.49. The SMILES string of the molecule is CCN(Cc1nnc(N)s1)CC1CC1. The molecule has 1 saturated carbocycles. The Hall–Kier alpha value is -0.680. The summed E-state index contributed by atoms with van der Waals surface area (Å²) in [6.07, 6.45) is 2.80. The molecule has 0 unspecified atom stereocenters. The third kappa shape index (κ3) is 2.65. The van der Waals surface area contributed by atoms with Gasteiger partial charge in [0.1, 0.15) is 5.01 Å². The molecule has 14 heavy (non-hydrogen) atoms. The average molecular weight is 212 g/mol. The van der Waals surface area contributed by atoms with E-state index in [-0.39, 0.29) is 0 Å².